The summed E-state index contributed by atoms with van der Waals surface area (Å²) in [4.78, 5) is 15.6. The predicted octanol–water partition coefficient (Wildman–Crippen LogP) is 4.99. The summed E-state index contributed by atoms with van der Waals surface area (Å²) >= 11 is 0. The van der Waals surface area contributed by atoms with Crippen molar-refractivity contribution in [1.29, 1.82) is 0 Å². The summed E-state index contributed by atoms with van der Waals surface area (Å²) in [6, 6.07) is 26.3. The van der Waals surface area contributed by atoms with E-state index >= 15 is 0 Å². The fourth-order valence-electron chi connectivity index (χ4n) is 2.88. The van der Waals surface area contributed by atoms with Gasteiger partial charge < -0.3 is 5.11 Å². The molecule has 136 valence electrons. The highest BCUT2D eigenvalue weighted by atomic mass is 16.4. The number of carboxylic acid groups (broad SMARTS) is 1. The van der Waals surface area contributed by atoms with Crippen molar-refractivity contribution in [3.05, 3.63) is 102 Å². The minimum atomic E-state index is -0.973. The van der Waals surface area contributed by atoms with Gasteiger partial charge in [0.2, 0.25) is 0 Å². The zero-order chi connectivity index (χ0) is 19.3. The van der Waals surface area contributed by atoms with Gasteiger partial charge in [-0.15, -0.1) is 0 Å². The molecule has 4 rings (SSSR count). The van der Waals surface area contributed by atoms with Crippen LogP contribution in [0.15, 0.2) is 96.1 Å². The van der Waals surface area contributed by atoms with E-state index in [-0.39, 0.29) is 5.56 Å². The third kappa shape index (κ3) is 3.73. The standard InChI is InChI=1S/C23H17N3O2/c27-23(28)18-10-7-11-20(14-18)24-15-19-16-26(21-12-5-2-6-13-21)25-22(19)17-8-3-1-4-9-17/h1-16H,(H,27,28). The van der Waals surface area contributed by atoms with E-state index in [2.05, 4.69) is 4.99 Å². The van der Waals surface area contributed by atoms with Crippen molar-refractivity contribution in [3.8, 4) is 16.9 Å². The number of rotatable bonds is 5. The van der Waals surface area contributed by atoms with Crippen molar-refractivity contribution in [2.24, 2.45) is 4.99 Å². The summed E-state index contributed by atoms with van der Waals surface area (Å²) in [7, 11) is 0. The lowest BCUT2D eigenvalue weighted by Gasteiger charge is -2.00. The second-order valence-electron chi connectivity index (χ2n) is 6.19. The SMILES string of the molecule is O=C(O)c1cccc(N=Cc2cn(-c3ccccc3)nc2-c2ccccc2)c1. The second-order valence-corrected chi connectivity index (χ2v) is 6.19. The van der Waals surface area contributed by atoms with Crippen LogP contribution in [0.3, 0.4) is 0 Å². The lowest BCUT2D eigenvalue weighted by Crippen LogP contribution is -1.94. The van der Waals surface area contributed by atoms with Crippen LogP contribution in [0.1, 0.15) is 15.9 Å². The first-order valence-corrected chi connectivity index (χ1v) is 8.79. The van der Waals surface area contributed by atoms with Gasteiger partial charge >= 0.3 is 5.97 Å². The van der Waals surface area contributed by atoms with E-state index in [0.717, 1.165) is 22.5 Å². The molecule has 28 heavy (non-hydrogen) atoms. The molecule has 0 aliphatic rings. The van der Waals surface area contributed by atoms with Crippen molar-refractivity contribution in [1.82, 2.24) is 9.78 Å². The number of benzene rings is 3. The molecule has 0 spiro atoms. The van der Waals surface area contributed by atoms with Gasteiger partial charge in [-0.05, 0) is 30.3 Å². The molecule has 0 unspecified atom stereocenters. The van der Waals surface area contributed by atoms with Gasteiger partial charge in [0.05, 0.1) is 16.9 Å². The van der Waals surface area contributed by atoms with Gasteiger partial charge in [-0.1, -0.05) is 54.6 Å². The normalized spacial score (nSPS) is 11.0. The maximum Gasteiger partial charge on any atom is 0.335 e. The fourth-order valence-corrected chi connectivity index (χ4v) is 2.88. The van der Waals surface area contributed by atoms with E-state index in [1.165, 1.54) is 0 Å². The van der Waals surface area contributed by atoms with E-state index < -0.39 is 5.97 Å². The predicted molar refractivity (Wildman–Crippen MR) is 110 cm³/mol. The van der Waals surface area contributed by atoms with Crippen LogP contribution < -0.4 is 0 Å². The molecule has 0 radical (unpaired) electrons. The van der Waals surface area contributed by atoms with Gasteiger partial charge in [0.25, 0.3) is 0 Å². The van der Waals surface area contributed by atoms with Crippen molar-refractivity contribution >= 4 is 17.9 Å². The van der Waals surface area contributed by atoms with Crippen LogP contribution in [0.5, 0.6) is 0 Å². The Hall–Kier alpha value is -3.99. The summed E-state index contributed by atoms with van der Waals surface area (Å²) in [6.07, 6.45) is 3.64. The quantitative estimate of drug-likeness (QED) is 0.505. The van der Waals surface area contributed by atoms with Gasteiger partial charge in [0.15, 0.2) is 0 Å². The summed E-state index contributed by atoms with van der Waals surface area (Å²) in [5, 5.41) is 13.9. The molecule has 4 aromatic rings. The largest absolute Gasteiger partial charge is 0.478 e. The molecule has 5 nitrogen and oxygen atoms in total. The number of aromatic nitrogens is 2. The second kappa shape index (κ2) is 7.72. The molecule has 1 aromatic heterocycles. The summed E-state index contributed by atoms with van der Waals surface area (Å²) < 4.78 is 1.82. The number of aromatic carboxylic acids is 1. The van der Waals surface area contributed by atoms with Crippen LogP contribution in [0.4, 0.5) is 5.69 Å². The summed E-state index contributed by atoms with van der Waals surface area (Å²) in [5.41, 5.74) is 4.37. The summed E-state index contributed by atoms with van der Waals surface area (Å²) in [6.45, 7) is 0. The molecule has 0 aliphatic carbocycles. The van der Waals surface area contributed by atoms with Crippen molar-refractivity contribution in [2.45, 2.75) is 0 Å². The van der Waals surface area contributed by atoms with Crippen LogP contribution in [0.25, 0.3) is 16.9 Å². The number of carbonyl (C=O) groups is 1. The third-order valence-electron chi connectivity index (χ3n) is 4.26. The van der Waals surface area contributed by atoms with E-state index in [9.17, 15) is 4.79 Å². The first-order valence-electron chi connectivity index (χ1n) is 8.79. The topological polar surface area (TPSA) is 67.5 Å². The number of para-hydroxylation sites is 1. The Kier molecular flexibility index (Phi) is 4.80. The van der Waals surface area contributed by atoms with Gasteiger partial charge in [-0.3, -0.25) is 4.99 Å². The van der Waals surface area contributed by atoms with Crippen molar-refractivity contribution in [2.75, 3.05) is 0 Å². The minimum Gasteiger partial charge on any atom is -0.478 e. The number of hydrogen-bond acceptors (Lipinski definition) is 3. The van der Waals surface area contributed by atoms with E-state index in [1.807, 2.05) is 71.5 Å². The lowest BCUT2D eigenvalue weighted by atomic mass is 10.1. The van der Waals surface area contributed by atoms with Crippen LogP contribution in [0, 0.1) is 0 Å². The van der Waals surface area contributed by atoms with Gasteiger partial charge in [-0.25, -0.2) is 9.48 Å². The molecule has 0 bridgehead atoms. The van der Waals surface area contributed by atoms with Crippen LogP contribution in [-0.4, -0.2) is 27.1 Å². The van der Waals surface area contributed by atoms with Gasteiger partial charge in [0.1, 0.15) is 5.69 Å². The van der Waals surface area contributed by atoms with Crippen molar-refractivity contribution < 1.29 is 9.90 Å². The average Bonchev–Trinajstić information content (AvgIpc) is 3.18. The first-order chi connectivity index (χ1) is 13.7. The minimum absolute atomic E-state index is 0.206. The van der Waals surface area contributed by atoms with E-state index in [4.69, 9.17) is 10.2 Å². The molecule has 0 saturated carbocycles. The van der Waals surface area contributed by atoms with E-state index in [0.29, 0.717) is 5.69 Å². The number of hydrogen-bond donors (Lipinski definition) is 1. The zero-order valence-corrected chi connectivity index (χ0v) is 14.9. The Balaban J connectivity index is 1.76. The van der Waals surface area contributed by atoms with Crippen LogP contribution in [-0.2, 0) is 0 Å². The number of aliphatic imine (C=N–C) groups is 1. The molecule has 5 heteroatoms. The Morgan fingerprint density at radius 3 is 2.36 bits per heavy atom. The monoisotopic (exact) mass is 367 g/mol. The third-order valence-corrected chi connectivity index (χ3v) is 4.26. The zero-order valence-electron chi connectivity index (χ0n) is 14.9. The van der Waals surface area contributed by atoms with Crippen molar-refractivity contribution in [3.63, 3.8) is 0 Å². The maximum absolute atomic E-state index is 11.2. The van der Waals surface area contributed by atoms with E-state index in [1.54, 1.807) is 30.5 Å². The Morgan fingerprint density at radius 1 is 0.929 bits per heavy atom. The highest BCUT2D eigenvalue weighted by molar-refractivity contribution is 5.91. The smallest absolute Gasteiger partial charge is 0.335 e. The Labute approximate surface area is 162 Å². The molecule has 3 aromatic carbocycles. The average molecular weight is 367 g/mol. The van der Waals surface area contributed by atoms with Crippen LogP contribution >= 0.6 is 0 Å². The molecule has 0 atom stereocenters. The highest BCUT2D eigenvalue weighted by Crippen LogP contribution is 2.23. The molecule has 0 saturated heterocycles. The number of nitrogens with zero attached hydrogens (tertiary/aromatic N) is 3. The first kappa shape index (κ1) is 17.4. The highest BCUT2D eigenvalue weighted by Gasteiger charge is 2.11. The molecule has 0 aliphatic heterocycles. The lowest BCUT2D eigenvalue weighted by molar-refractivity contribution is 0.0697. The van der Waals surface area contributed by atoms with Gasteiger partial charge in [-0.2, -0.15) is 5.10 Å². The fraction of sp³-hybridized carbons (Fsp3) is 0. The molecule has 0 fully saturated rings. The van der Waals surface area contributed by atoms with Gasteiger partial charge in [0, 0.05) is 23.5 Å². The van der Waals surface area contributed by atoms with Crippen LogP contribution in [0.2, 0.25) is 0 Å². The molecule has 1 N–H and O–H groups in total. The summed E-state index contributed by atoms with van der Waals surface area (Å²) in [5.74, 6) is -0.973. The maximum atomic E-state index is 11.2. The molecule has 1 heterocycles. The molecule has 0 amide bonds. The Morgan fingerprint density at radius 2 is 1.64 bits per heavy atom. The number of carboxylic acids is 1. The molecular formula is C23H17N3O2. The molecular weight excluding hydrogens is 350 g/mol. The Bertz CT molecular complexity index is 1130.